The molecule has 4 nitrogen and oxygen atoms in total. The van der Waals surface area contributed by atoms with Gasteiger partial charge in [0.15, 0.2) is 0 Å². The smallest absolute Gasteiger partial charge is 0.266 e. The zero-order valence-corrected chi connectivity index (χ0v) is 19.6. The van der Waals surface area contributed by atoms with E-state index in [1.807, 2.05) is 24.3 Å². The summed E-state index contributed by atoms with van der Waals surface area (Å²) in [6, 6.07) is 16.5. The normalized spacial score (nSPS) is 15.2. The van der Waals surface area contributed by atoms with Crippen LogP contribution in [0.15, 0.2) is 63.9 Å². The van der Waals surface area contributed by atoms with E-state index in [-0.39, 0.29) is 5.91 Å². The third-order valence-electron chi connectivity index (χ3n) is 4.75. The second-order valence-corrected chi connectivity index (χ2v) is 9.28. The number of hydrogen-bond acceptors (Lipinski definition) is 5. The molecule has 8 heteroatoms. The fraction of sp³-hybridized carbons (Fsp3) is 0.130. The highest BCUT2D eigenvalue weighted by Gasteiger charge is 2.32. The third-order valence-corrected chi connectivity index (χ3v) is 6.69. The lowest BCUT2D eigenvalue weighted by Gasteiger charge is -2.14. The molecule has 0 atom stereocenters. The molecule has 3 aromatic rings. The van der Waals surface area contributed by atoms with Crippen molar-refractivity contribution >= 4 is 63.5 Å². The molecule has 1 aromatic heterocycles. The molecule has 0 N–H and O–H groups in total. The minimum Gasteiger partial charge on any atom is -0.497 e. The van der Waals surface area contributed by atoms with Crippen LogP contribution >= 0.6 is 47.2 Å². The Bertz CT molecular complexity index is 1170. The molecule has 1 saturated heterocycles. The van der Waals surface area contributed by atoms with Crippen molar-refractivity contribution in [2.45, 2.75) is 6.42 Å². The van der Waals surface area contributed by atoms with E-state index in [2.05, 4.69) is 0 Å². The van der Waals surface area contributed by atoms with Gasteiger partial charge in [0.1, 0.15) is 21.6 Å². The summed E-state index contributed by atoms with van der Waals surface area (Å²) in [7, 11) is 1.63. The van der Waals surface area contributed by atoms with Crippen molar-refractivity contribution in [3.05, 3.63) is 80.9 Å². The lowest BCUT2D eigenvalue weighted by Crippen LogP contribution is -2.30. The predicted molar refractivity (Wildman–Crippen MR) is 131 cm³/mol. The molecule has 2 heterocycles. The minimum absolute atomic E-state index is 0.123. The van der Waals surface area contributed by atoms with Gasteiger partial charge in [-0.15, -0.1) is 0 Å². The predicted octanol–water partition coefficient (Wildman–Crippen LogP) is 6.71. The van der Waals surface area contributed by atoms with Gasteiger partial charge in [0.25, 0.3) is 5.91 Å². The fourth-order valence-electron chi connectivity index (χ4n) is 3.12. The van der Waals surface area contributed by atoms with Gasteiger partial charge in [0.2, 0.25) is 0 Å². The number of furan rings is 1. The summed E-state index contributed by atoms with van der Waals surface area (Å²) in [4.78, 5) is 15.0. The molecule has 1 fully saturated rings. The molecule has 0 aliphatic carbocycles. The monoisotopic (exact) mass is 489 g/mol. The summed E-state index contributed by atoms with van der Waals surface area (Å²) in [6.07, 6.45) is 2.40. The number of hydrogen-bond donors (Lipinski definition) is 0. The topological polar surface area (TPSA) is 42.7 Å². The highest BCUT2D eigenvalue weighted by molar-refractivity contribution is 8.26. The Morgan fingerprint density at radius 2 is 1.90 bits per heavy atom. The van der Waals surface area contributed by atoms with Crippen molar-refractivity contribution in [1.82, 2.24) is 4.90 Å². The maximum absolute atomic E-state index is 12.9. The minimum atomic E-state index is -0.123. The van der Waals surface area contributed by atoms with Crippen LogP contribution in [0.3, 0.4) is 0 Å². The molecular weight excluding hydrogens is 473 g/mol. The molecule has 0 saturated carbocycles. The molecule has 0 unspecified atom stereocenters. The van der Waals surface area contributed by atoms with Gasteiger partial charge in [-0.2, -0.15) is 0 Å². The Morgan fingerprint density at radius 3 is 2.65 bits per heavy atom. The standard InChI is InChI=1S/C23H17Cl2NO3S2/c1-28-16-5-2-14(3-6-16)10-11-26-22(27)21(31-23(26)30)13-17-7-9-20(29-17)18-12-15(24)4-8-19(18)25/h2-9,12-13H,10-11H2,1H3. The summed E-state index contributed by atoms with van der Waals surface area (Å²) in [5.41, 5.74) is 1.80. The average molecular weight is 490 g/mol. The first-order chi connectivity index (χ1) is 14.9. The second-order valence-electron chi connectivity index (χ2n) is 6.76. The molecule has 158 valence electrons. The van der Waals surface area contributed by atoms with Crippen LogP contribution in [-0.4, -0.2) is 28.8 Å². The Labute approximate surface area is 199 Å². The van der Waals surface area contributed by atoms with E-state index in [1.54, 1.807) is 48.4 Å². The number of rotatable bonds is 6. The number of carbonyl (C=O) groups excluding carboxylic acids is 1. The number of carbonyl (C=O) groups is 1. The zero-order chi connectivity index (χ0) is 22.0. The van der Waals surface area contributed by atoms with Crippen LogP contribution in [0.25, 0.3) is 17.4 Å². The van der Waals surface area contributed by atoms with Crippen LogP contribution in [0.4, 0.5) is 0 Å². The number of methoxy groups -OCH3 is 1. The number of thiocarbonyl (C=S) groups is 1. The van der Waals surface area contributed by atoms with Crippen LogP contribution in [0, 0.1) is 0 Å². The molecule has 0 radical (unpaired) electrons. The highest BCUT2D eigenvalue weighted by atomic mass is 35.5. The van der Waals surface area contributed by atoms with Crippen LogP contribution in [0.2, 0.25) is 10.0 Å². The van der Waals surface area contributed by atoms with E-state index < -0.39 is 0 Å². The van der Waals surface area contributed by atoms with Crippen LogP contribution in [0.1, 0.15) is 11.3 Å². The molecule has 0 bridgehead atoms. The molecule has 2 aromatic carbocycles. The lowest BCUT2D eigenvalue weighted by atomic mass is 10.1. The zero-order valence-electron chi connectivity index (χ0n) is 16.4. The van der Waals surface area contributed by atoms with E-state index in [0.717, 1.165) is 11.3 Å². The first kappa shape index (κ1) is 22.0. The Kier molecular flexibility index (Phi) is 6.72. The van der Waals surface area contributed by atoms with Crippen molar-refractivity contribution < 1.29 is 13.9 Å². The summed E-state index contributed by atoms with van der Waals surface area (Å²) < 4.78 is 11.6. The van der Waals surface area contributed by atoms with E-state index in [0.29, 0.717) is 49.3 Å². The number of ether oxygens (including phenoxy) is 1. The number of benzene rings is 2. The molecule has 4 rings (SSSR count). The van der Waals surface area contributed by atoms with E-state index >= 15 is 0 Å². The van der Waals surface area contributed by atoms with Crippen molar-refractivity contribution in [3.8, 4) is 17.1 Å². The number of halogens is 2. The SMILES string of the molecule is COc1ccc(CCN2C(=O)C(=Cc3ccc(-c4cc(Cl)ccc4Cl)o3)SC2=S)cc1. The van der Waals surface area contributed by atoms with Gasteiger partial charge in [-0.3, -0.25) is 9.69 Å². The molecular formula is C23H17Cl2NO3S2. The largest absolute Gasteiger partial charge is 0.497 e. The van der Waals surface area contributed by atoms with Gasteiger partial charge in [-0.1, -0.05) is 59.3 Å². The van der Waals surface area contributed by atoms with Gasteiger partial charge < -0.3 is 9.15 Å². The van der Waals surface area contributed by atoms with Gasteiger partial charge in [-0.25, -0.2) is 0 Å². The molecule has 31 heavy (non-hydrogen) atoms. The van der Waals surface area contributed by atoms with Gasteiger partial charge in [0, 0.05) is 23.2 Å². The Hall–Kier alpha value is -2.25. The van der Waals surface area contributed by atoms with Gasteiger partial charge in [0.05, 0.1) is 17.0 Å². The Morgan fingerprint density at radius 1 is 1.13 bits per heavy atom. The fourth-order valence-corrected chi connectivity index (χ4v) is 4.79. The lowest BCUT2D eigenvalue weighted by molar-refractivity contribution is -0.122. The Balaban J connectivity index is 1.47. The number of thioether (sulfide) groups is 1. The van der Waals surface area contributed by atoms with Crippen LogP contribution in [0.5, 0.6) is 5.75 Å². The summed E-state index contributed by atoms with van der Waals surface area (Å²) in [5, 5.41) is 1.10. The molecule has 1 aliphatic rings. The van der Waals surface area contributed by atoms with Crippen LogP contribution in [-0.2, 0) is 11.2 Å². The van der Waals surface area contributed by atoms with E-state index in [9.17, 15) is 4.79 Å². The maximum atomic E-state index is 12.9. The summed E-state index contributed by atoms with van der Waals surface area (Å²) in [6.45, 7) is 0.510. The number of nitrogens with zero attached hydrogens (tertiary/aromatic N) is 1. The highest BCUT2D eigenvalue weighted by Crippen LogP contribution is 2.35. The number of amides is 1. The maximum Gasteiger partial charge on any atom is 0.266 e. The average Bonchev–Trinajstić information content (AvgIpc) is 3.33. The van der Waals surface area contributed by atoms with Crippen molar-refractivity contribution in [3.63, 3.8) is 0 Å². The quantitative estimate of drug-likeness (QED) is 0.284. The summed E-state index contributed by atoms with van der Waals surface area (Å²) in [5.74, 6) is 1.80. The molecule has 1 amide bonds. The first-order valence-corrected chi connectivity index (χ1v) is 11.4. The van der Waals surface area contributed by atoms with Crippen LogP contribution < -0.4 is 4.74 Å². The molecule has 1 aliphatic heterocycles. The third kappa shape index (κ3) is 4.99. The van der Waals surface area contributed by atoms with E-state index in [4.69, 9.17) is 44.6 Å². The van der Waals surface area contributed by atoms with Crippen molar-refractivity contribution in [2.75, 3.05) is 13.7 Å². The summed E-state index contributed by atoms with van der Waals surface area (Å²) >= 11 is 19.0. The first-order valence-electron chi connectivity index (χ1n) is 9.38. The second kappa shape index (κ2) is 9.49. The van der Waals surface area contributed by atoms with Crippen molar-refractivity contribution in [1.29, 1.82) is 0 Å². The van der Waals surface area contributed by atoms with Crippen molar-refractivity contribution in [2.24, 2.45) is 0 Å². The van der Waals surface area contributed by atoms with Gasteiger partial charge in [-0.05, 0) is 54.4 Å². The van der Waals surface area contributed by atoms with Gasteiger partial charge >= 0.3 is 0 Å². The van der Waals surface area contributed by atoms with E-state index in [1.165, 1.54) is 11.8 Å². The molecule has 0 spiro atoms.